The molecule has 1 aromatic heterocycles. The molecule has 1 aromatic rings. The van der Waals surface area contributed by atoms with Gasteiger partial charge >= 0.3 is 0 Å². The predicted molar refractivity (Wildman–Crippen MR) is 69.9 cm³/mol. The normalized spacial score (nSPS) is 19.7. The zero-order chi connectivity index (χ0) is 13.0. The van der Waals surface area contributed by atoms with Crippen molar-refractivity contribution >= 4 is 10.0 Å². The van der Waals surface area contributed by atoms with Gasteiger partial charge in [-0.15, -0.1) is 0 Å². The first-order valence-electron chi connectivity index (χ1n) is 6.39. The number of furan rings is 1. The second kappa shape index (κ2) is 5.86. The van der Waals surface area contributed by atoms with Crippen LogP contribution in [0.1, 0.15) is 37.1 Å². The summed E-state index contributed by atoms with van der Waals surface area (Å²) in [6.07, 6.45) is 4.81. The van der Waals surface area contributed by atoms with Crippen LogP contribution >= 0.6 is 0 Å². The predicted octanol–water partition coefficient (Wildman–Crippen LogP) is 1.19. The maximum Gasteiger partial charge on any atom is 0.212 e. The highest BCUT2D eigenvalue weighted by atomic mass is 32.2. The van der Waals surface area contributed by atoms with Gasteiger partial charge < -0.3 is 9.73 Å². The molecule has 0 amide bonds. The Balaban J connectivity index is 1.86. The average Bonchev–Trinajstić information content (AvgIpc) is 2.77. The highest BCUT2D eigenvalue weighted by Gasteiger charge is 2.22. The van der Waals surface area contributed by atoms with Crippen LogP contribution in [0.5, 0.6) is 0 Å². The lowest BCUT2D eigenvalue weighted by Gasteiger charge is -2.22. The SMILES string of the molecule is CCNS(=O)(=O)CCNC1CCCc2occc21. The minimum absolute atomic E-state index is 0.116. The third-order valence-corrected chi connectivity index (χ3v) is 4.65. The summed E-state index contributed by atoms with van der Waals surface area (Å²) < 4.78 is 30.9. The summed E-state index contributed by atoms with van der Waals surface area (Å²) in [7, 11) is -3.13. The van der Waals surface area contributed by atoms with Gasteiger partial charge in [0, 0.05) is 31.1 Å². The Morgan fingerprint density at radius 3 is 3.11 bits per heavy atom. The lowest BCUT2D eigenvalue weighted by molar-refractivity contribution is 0.417. The molecule has 18 heavy (non-hydrogen) atoms. The minimum atomic E-state index is -3.13. The molecular formula is C12H20N2O3S. The molecule has 0 saturated heterocycles. The van der Waals surface area contributed by atoms with E-state index in [2.05, 4.69) is 10.0 Å². The zero-order valence-corrected chi connectivity index (χ0v) is 11.4. The fourth-order valence-corrected chi connectivity index (χ4v) is 3.33. The summed E-state index contributed by atoms with van der Waals surface area (Å²) in [5, 5.41) is 3.30. The molecule has 0 aromatic carbocycles. The summed E-state index contributed by atoms with van der Waals surface area (Å²) in [6.45, 7) is 2.69. The molecule has 102 valence electrons. The molecule has 1 aliphatic carbocycles. The van der Waals surface area contributed by atoms with Gasteiger partial charge in [0.25, 0.3) is 0 Å². The van der Waals surface area contributed by atoms with E-state index in [1.807, 2.05) is 6.07 Å². The topological polar surface area (TPSA) is 71.3 Å². The van der Waals surface area contributed by atoms with Gasteiger partial charge in [0.2, 0.25) is 10.0 Å². The monoisotopic (exact) mass is 272 g/mol. The van der Waals surface area contributed by atoms with Crippen LogP contribution in [0.4, 0.5) is 0 Å². The molecule has 1 atom stereocenters. The Labute approximate surface area is 108 Å². The molecular weight excluding hydrogens is 252 g/mol. The fraction of sp³-hybridized carbons (Fsp3) is 0.667. The Bertz CT molecular complexity index is 481. The van der Waals surface area contributed by atoms with E-state index in [-0.39, 0.29) is 11.8 Å². The standard InChI is InChI=1S/C12H20N2O3S/c1-2-14-18(15,16)9-7-13-11-4-3-5-12-10(11)6-8-17-12/h6,8,11,13-14H,2-5,7,9H2,1H3. The van der Waals surface area contributed by atoms with Crippen LogP contribution in [0.25, 0.3) is 0 Å². The average molecular weight is 272 g/mol. The maximum atomic E-state index is 11.5. The number of fused-ring (bicyclic) bond motifs is 1. The van der Waals surface area contributed by atoms with E-state index in [1.165, 1.54) is 5.56 Å². The van der Waals surface area contributed by atoms with Crippen molar-refractivity contribution in [1.82, 2.24) is 10.0 Å². The number of hydrogen-bond donors (Lipinski definition) is 2. The first-order valence-corrected chi connectivity index (χ1v) is 8.04. The molecule has 1 heterocycles. The van der Waals surface area contributed by atoms with Gasteiger partial charge in [-0.3, -0.25) is 0 Å². The number of aryl methyl sites for hydroxylation is 1. The van der Waals surface area contributed by atoms with Crippen LogP contribution in [0.15, 0.2) is 16.7 Å². The second-order valence-corrected chi connectivity index (χ2v) is 6.44. The van der Waals surface area contributed by atoms with Crippen LogP contribution in [-0.4, -0.2) is 27.3 Å². The zero-order valence-electron chi connectivity index (χ0n) is 10.6. The third-order valence-electron chi connectivity index (χ3n) is 3.18. The van der Waals surface area contributed by atoms with E-state index in [0.29, 0.717) is 13.1 Å². The van der Waals surface area contributed by atoms with Crippen molar-refractivity contribution in [3.63, 3.8) is 0 Å². The summed E-state index contributed by atoms with van der Waals surface area (Å²) in [4.78, 5) is 0. The van der Waals surface area contributed by atoms with Crippen molar-refractivity contribution in [3.05, 3.63) is 23.7 Å². The van der Waals surface area contributed by atoms with E-state index >= 15 is 0 Å². The van der Waals surface area contributed by atoms with Gasteiger partial charge in [0.1, 0.15) is 5.76 Å². The fourth-order valence-electron chi connectivity index (χ4n) is 2.36. The van der Waals surface area contributed by atoms with Gasteiger partial charge in [0.05, 0.1) is 12.0 Å². The molecule has 0 radical (unpaired) electrons. The van der Waals surface area contributed by atoms with Crippen LogP contribution in [-0.2, 0) is 16.4 Å². The summed E-state index contributed by atoms with van der Waals surface area (Å²) in [6, 6.07) is 2.20. The Morgan fingerprint density at radius 1 is 1.50 bits per heavy atom. The summed E-state index contributed by atoms with van der Waals surface area (Å²) >= 11 is 0. The van der Waals surface area contributed by atoms with Crippen LogP contribution in [0.2, 0.25) is 0 Å². The van der Waals surface area contributed by atoms with E-state index in [9.17, 15) is 8.42 Å². The quantitative estimate of drug-likeness (QED) is 0.816. The Kier molecular flexibility index (Phi) is 4.42. The van der Waals surface area contributed by atoms with Crippen molar-refractivity contribution in [1.29, 1.82) is 0 Å². The first kappa shape index (κ1) is 13.6. The van der Waals surface area contributed by atoms with E-state index in [4.69, 9.17) is 4.42 Å². The highest BCUT2D eigenvalue weighted by molar-refractivity contribution is 7.89. The molecule has 2 N–H and O–H groups in total. The van der Waals surface area contributed by atoms with Crippen molar-refractivity contribution in [2.75, 3.05) is 18.8 Å². The minimum Gasteiger partial charge on any atom is -0.469 e. The van der Waals surface area contributed by atoms with Gasteiger partial charge in [0.15, 0.2) is 0 Å². The highest BCUT2D eigenvalue weighted by Crippen LogP contribution is 2.30. The van der Waals surface area contributed by atoms with Crippen molar-refractivity contribution in [2.24, 2.45) is 0 Å². The van der Waals surface area contributed by atoms with Gasteiger partial charge in [-0.2, -0.15) is 0 Å². The number of nitrogens with one attached hydrogen (secondary N) is 2. The lowest BCUT2D eigenvalue weighted by Crippen LogP contribution is -2.34. The van der Waals surface area contributed by atoms with Crippen LogP contribution in [0.3, 0.4) is 0 Å². The maximum absolute atomic E-state index is 11.5. The Morgan fingerprint density at radius 2 is 2.33 bits per heavy atom. The van der Waals surface area contributed by atoms with Gasteiger partial charge in [-0.1, -0.05) is 6.92 Å². The molecule has 0 aliphatic heterocycles. The largest absolute Gasteiger partial charge is 0.469 e. The first-order chi connectivity index (χ1) is 8.62. The number of rotatable bonds is 6. The second-order valence-electron chi connectivity index (χ2n) is 4.51. The van der Waals surface area contributed by atoms with Crippen LogP contribution in [0, 0.1) is 0 Å². The number of sulfonamides is 1. The summed E-state index contributed by atoms with van der Waals surface area (Å²) in [5.41, 5.74) is 1.18. The molecule has 1 unspecified atom stereocenters. The smallest absolute Gasteiger partial charge is 0.212 e. The van der Waals surface area contributed by atoms with Crippen molar-refractivity contribution < 1.29 is 12.8 Å². The number of hydrogen-bond acceptors (Lipinski definition) is 4. The summed E-state index contributed by atoms with van der Waals surface area (Å²) in [5.74, 6) is 1.15. The van der Waals surface area contributed by atoms with Gasteiger partial charge in [-0.05, 0) is 18.9 Å². The van der Waals surface area contributed by atoms with Crippen molar-refractivity contribution in [3.8, 4) is 0 Å². The van der Waals surface area contributed by atoms with E-state index in [1.54, 1.807) is 13.2 Å². The van der Waals surface area contributed by atoms with E-state index < -0.39 is 10.0 Å². The molecule has 0 saturated carbocycles. The molecule has 1 aliphatic rings. The molecule has 0 bridgehead atoms. The molecule has 6 heteroatoms. The van der Waals surface area contributed by atoms with Gasteiger partial charge in [-0.25, -0.2) is 13.1 Å². The van der Waals surface area contributed by atoms with Crippen LogP contribution < -0.4 is 10.0 Å². The van der Waals surface area contributed by atoms with E-state index in [0.717, 1.165) is 25.0 Å². The molecule has 2 rings (SSSR count). The molecule has 5 nitrogen and oxygen atoms in total. The molecule has 0 spiro atoms. The third kappa shape index (κ3) is 3.34. The Hall–Kier alpha value is -0.850. The lowest BCUT2D eigenvalue weighted by atomic mass is 9.93. The molecule has 0 fully saturated rings. The van der Waals surface area contributed by atoms with Crippen molar-refractivity contribution in [2.45, 2.75) is 32.2 Å².